The second-order valence-electron chi connectivity index (χ2n) is 4.44. The molecule has 3 aromatic rings. The first-order valence-corrected chi connectivity index (χ1v) is 6.28. The zero-order valence-electron chi connectivity index (χ0n) is 10.7. The van der Waals surface area contributed by atoms with Crippen molar-refractivity contribution in [1.29, 1.82) is 0 Å². The van der Waals surface area contributed by atoms with Crippen LogP contribution in [0.3, 0.4) is 0 Å². The van der Waals surface area contributed by atoms with Crippen molar-refractivity contribution in [2.75, 3.05) is 0 Å². The van der Waals surface area contributed by atoms with Gasteiger partial charge >= 0.3 is 0 Å². The van der Waals surface area contributed by atoms with E-state index < -0.39 is 5.82 Å². The number of benzene rings is 2. The molecule has 0 aliphatic carbocycles. The van der Waals surface area contributed by atoms with Gasteiger partial charge in [-0.2, -0.15) is 5.10 Å². The predicted octanol–water partition coefficient (Wildman–Crippen LogP) is 3.17. The summed E-state index contributed by atoms with van der Waals surface area (Å²) < 4.78 is 15.2. The normalized spacial score (nSPS) is 10.7. The van der Waals surface area contributed by atoms with Crippen molar-refractivity contribution < 1.29 is 9.50 Å². The first kappa shape index (κ1) is 12.6. The van der Waals surface area contributed by atoms with Gasteiger partial charge in [-0.1, -0.05) is 36.4 Å². The van der Waals surface area contributed by atoms with Crippen LogP contribution in [0.1, 0.15) is 5.56 Å². The van der Waals surface area contributed by atoms with Crippen molar-refractivity contribution >= 4 is 0 Å². The van der Waals surface area contributed by atoms with E-state index in [1.165, 1.54) is 6.07 Å². The highest BCUT2D eigenvalue weighted by molar-refractivity contribution is 5.62. The van der Waals surface area contributed by atoms with E-state index in [-0.39, 0.29) is 12.2 Å². The average Bonchev–Trinajstić information content (AvgIpc) is 2.97. The van der Waals surface area contributed by atoms with Gasteiger partial charge in [0.1, 0.15) is 5.82 Å². The van der Waals surface area contributed by atoms with Crippen LogP contribution >= 0.6 is 0 Å². The Morgan fingerprint density at radius 1 is 1.00 bits per heavy atom. The van der Waals surface area contributed by atoms with Gasteiger partial charge in [-0.05, 0) is 17.7 Å². The molecule has 20 heavy (non-hydrogen) atoms. The van der Waals surface area contributed by atoms with Gasteiger partial charge in [0.25, 0.3) is 0 Å². The maximum Gasteiger partial charge on any atom is 0.130 e. The van der Waals surface area contributed by atoms with Gasteiger partial charge in [0.15, 0.2) is 0 Å². The van der Waals surface area contributed by atoms with E-state index in [0.717, 1.165) is 11.1 Å². The second-order valence-corrected chi connectivity index (χ2v) is 4.44. The van der Waals surface area contributed by atoms with Crippen molar-refractivity contribution in [2.45, 2.75) is 6.61 Å². The highest BCUT2D eigenvalue weighted by Gasteiger charge is 2.10. The monoisotopic (exact) mass is 268 g/mol. The SMILES string of the molecule is OCc1c(F)cccc1-n1cc(-c2ccccc2)cn1. The maximum absolute atomic E-state index is 13.7. The van der Waals surface area contributed by atoms with Gasteiger partial charge in [0, 0.05) is 17.3 Å². The van der Waals surface area contributed by atoms with Crippen LogP contribution in [-0.4, -0.2) is 14.9 Å². The molecule has 0 fully saturated rings. The molecule has 3 nitrogen and oxygen atoms in total. The molecular weight excluding hydrogens is 255 g/mol. The fraction of sp³-hybridized carbons (Fsp3) is 0.0625. The summed E-state index contributed by atoms with van der Waals surface area (Å²) in [6.45, 7) is -0.359. The quantitative estimate of drug-likeness (QED) is 0.792. The summed E-state index contributed by atoms with van der Waals surface area (Å²) in [5.74, 6) is -0.429. The Balaban J connectivity index is 2.05. The molecule has 0 amide bonds. The van der Waals surface area contributed by atoms with Crippen LogP contribution in [-0.2, 0) is 6.61 Å². The molecular formula is C16H13FN2O. The van der Waals surface area contributed by atoms with Crippen molar-refractivity contribution in [3.63, 3.8) is 0 Å². The first-order chi connectivity index (χ1) is 9.79. The Bertz CT molecular complexity index is 722. The van der Waals surface area contributed by atoms with Gasteiger partial charge in [0.05, 0.1) is 18.5 Å². The number of aliphatic hydroxyl groups excluding tert-OH is 1. The summed E-state index contributed by atoms with van der Waals surface area (Å²) in [6.07, 6.45) is 3.55. The van der Waals surface area contributed by atoms with Gasteiger partial charge in [-0.15, -0.1) is 0 Å². The van der Waals surface area contributed by atoms with Crippen LogP contribution in [0.2, 0.25) is 0 Å². The summed E-state index contributed by atoms with van der Waals surface area (Å²) in [4.78, 5) is 0. The number of rotatable bonds is 3. The third kappa shape index (κ3) is 2.21. The van der Waals surface area contributed by atoms with E-state index in [2.05, 4.69) is 5.10 Å². The lowest BCUT2D eigenvalue weighted by molar-refractivity contribution is 0.275. The molecule has 1 heterocycles. The zero-order valence-corrected chi connectivity index (χ0v) is 10.7. The Hall–Kier alpha value is -2.46. The molecule has 0 spiro atoms. The third-order valence-electron chi connectivity index (χ3n) is 3.19. The second kappa shape index (κ2) is 5.27. The van der Waals surface area contributed by atoms with Gasteiger partial charge in [-0.3, -0.25) is 0 Å². The topological polar surface area (TPSA) is 38.0 Å². The molecule has 0 unspecified atom stereocenters. The smallest absolute Gasteiger partial charge is 0.130 e. The fourth-order valence-electron chi connectivity index (χ4n) is 2.15. The highest BCUT2D eigenvalue weighted by atomic mass is 19.1. The van der Waals surface area contributed by atoms with Crippen molar-refractivity contribution in [1.82, 2.24) is 9.78 Å². The van der Waals surface area contributed by atoms with Crippen molar-refractivity contribution in [2.24, 2.45) is 0 Å². The molecule has 0 aliphatic rings. The number of halogens is 1. The van der Waals surface area contributed by atoms with Gasteiger partial charge in [0.2, 0.25) is 0 Å². The molecule has 2 aromatic carbocycles. The van der Waals surface area contributed by atoms with Crippen LogP contribution in [0.5, 0.6) is 0 Å². The standard InChI is InChI=1S/C16H13FN2O/c17-15-7-4-8-16(14(15)11-20)19-10-13(9-18-19)12-5-2-1-3-6-12/h1-10,20H,11H2. The molecule has 1 N–H and O–H groups in total. The van der Waals surface area contributed by atoms with Crippen LogP contribution in [0.4, 0.5) is 4.39 Å². The van der Waals surface area contributed by atoms with E-state index in [1.54, 1.807) is 23.0 Å². The predicted molar refractivity (Wildman–Crippen MR) is 74.9 cm³/mol. The number of aliphatic hydroxyl groups is 1. The Labute approximate surface area is 115 Å². The lowest BCUT2D eigenvalue weighted by Gasteiger charge is -2.07. The number of aromatic nitrogens is 2. The van der Waals surface area contributed by atoms with E-state index in [9.17, 15) is 9.50 Å². The van der Waals surface area contributed by atoms with E-state index in [4.69, 9.17) is 0 Å². The molecule has 0 bridgehead atoms. The average molecular weight is 268 g/mol. The van der Waals surface area contributed by atoms with Crippen molar-refractivity contribution in [3.05, 3.63) is 72.3 Å². The largest absolute Gasteiger partial charge is 0.391 e. The number of hydrogen-bond donors (Lipinski definition) is 1. The van der Waals surface area contributed by atoms with Crippen LogP contribution in [0.15, 0.2) is 60.9 Å². The molecule has 1 aromatic heterocycles. The summed E-state index contributed by atoms with van der Waals surface area (Å²) >= 11 is 0. The lowest BCUT2D eigenvalue weighted by atomic mass is 10.1. The minimum Gasteiger partial charge on any atom is -0.391 e. The minimum absolute atomic E-state index is 0.246. The van der Waals surface area contributed by atoms with Gasteiger partial charge in [-0.25, -0.2) is 9.07 Å². The lowest BCUT2D eigenvalue weighted by Crippen LogP contribution is -2.02. The van der Waals surface area contributed by atoms with Crippen LogP contribution < -0.4 is 0 Å². The highest BCUT2D eigenvalue weighted by Crippen LogP contribution is 2.22. The molecule has 100 valence electrons. The van der Waals surface area contributed by atoms with E-state index in [1.807, 2.05) is 36.5 Å². The summed E-state index contributed by atoms with van der Waals surface area (Å²) in [5.41, 5.74) is 2.78. The first-order valence-electron chi connectivity index (χ1n) is 6.28. The molecule has 0 saturated heterocycles. The molecule has 0 aliphatic heterocycles. The molecule has 0 radical (unpaired) electrons. The summed E-state index contributed by atoms with van der Waals surface area (Å²) in [6, 6.07) is 14.5. The molecule has 3 rings (SSSR count). The van der Waals surface area contributed by atoms with Crippen LogP contribution in [0.25, 0.3) is 16.8 Å². The summed E-state index contributed by atoms with van der Waals surface area (Å²) in [5, 5.41) is 13.6. The molecule has 0 atom stereocenters. The Morgan fingerprint density at radius 3 is 2.55 bits per heavy atom. The number of hydrogen-bond acceptors (Lipinski definition) is 2. The van der Waals surface area contributed by atoms with Crippen LogP contribution in [0, 0.1) is 5.82 Å². The molecule has 0 saturated carbocycles. The van der Waals surface area contributed by atoms with Gasteiger partial charge < -0.3 is 5.11 Å². The third-order valence-corrected chi connectivity index (χ3v) is 3.19. The molecule has 4 heteroatoms. The Kier molecular flexibility index (Phi) is 3.31. The Morgan fingerprint density at radius 2 is 1.80 bits per heavy atom. The minimum atomic E-state index is -0.429. The van der Waals surface area contributed by atoms with E-state index >= 15 is 0 Å². The summed E-state index contributed by atoms with van der Waals surface area (Å²) in [7, 11) is 0. The maximum atomic E-state index is 13.7. The fourth-order valence-corrected chi connectivity index (χ4v) is 2.15. The number of nitrogens with zero attached hydrogens (tertiary/aromatic N) is 2. The van der Waals surface area contributed by atoms with Crippen molar-refractivity contribution in [3.8, 4) is 16.8 Å². The van der Waals surface area contributed by atoms with E-state index in [0.29, 0.717) is 5.69 Å². The zero-order chi connectivity index (χ0) is 13.9.